The highest BCUT2D eigenvalue weighted by Crippen LogP contribution is 2.11. The van der Waals surface area contributed by atoms with E-state index in [4.69, 9.17) is 0 Å². The Bertz CT molecular complexity index is 458. The summed E-state index contributed by atoms with van der Waals surface area (Å²) in [4.78, 5) is 14.5. The molecular formula is C18H31Cl2N3O. The number of hydrogen-bond donors (Lipinski definition) is 2. The lowest BCUT2D eigenvalue weighted by Crippen LogP contribution is -2.40. The maximum atomic E-state index is 12.1. The summed E-state index contributed by atoms with van der Waals surface area (Å²) in [5, 5.41) is 6.35. The van der Waals surface area contributed by atoms with Gasteiger partial charge in [-0.1, -0.05) is 38.1 Å². The number of hydrogen-bond acceptors (Lipinski definition) is 3. The Morgan fingerprint density at radius 2 is 1.79 bits per heavy atom. The molecule has 6 heteroatoms. The summed E-state index contributed by atoms with van der Waals surface area (Å²) in [7, 11) is 0. The quantitative estimate of drug-likeness (QED) is 0.769. The zero-order valence-corrected chi connectivity index (χ0v) is 16.3. The van der Waals surface area contributed by atoms with Crippen LogP contribution in [0.4, 0.5) is 0 Å². The monoisotopic (exact) mass is 375 g/mol. The first kappa shape index (κ1) is 23.2. The number of amides is 1. The summed E-state index contributed by atoms with van der Waals surface area (Å²) >= 11 is 0. The van der Waals surface area contributed by atoms with Gasteiger partial charge in [-0.25, -0.2) is 0 Å². The molecule has 1 saturated heterocycles. The van der Waals surface area contributed by atoms with Crippen molar-refractivity contribution >= 4 is 30.7 Å². The Kier molecular flexibility index (Phi) is 12.1. The summed E-state index contributed by atoms with van der Waals surface area (Å²) in [6.45, 7) is 10.00. The summed E-state index contributed by atoms with van der Waals surface area (Å²) in [6, 6.07) is 8.58. The van der Waals surface area contributed by atoms with Gasteiger partial charge in [0.1, 0.15) is 0 Å². The predicted octanol–water partition coefficient (Wildman–Crippen LogP) is 2.99. The van der Waals surface area contributed by atoms with Crippen LogP contribution in [0.25, 0.3) is 0 Å². The zero-order chi connectivity index (χ0) is 15.8. The predicted molar refractivity (Wildman–Crippen MR) is 105 cm³/mol. The Morgan fingerprint density at radius 3 is 2.33 bits per heavy atom. The first-order valence-electron chi connectivity index (χ1n) is 8.51. The number of halogens is 2. The minimum Gasteiger partial charge on any atom is -0.352 e. The summed E-state index contributed by atoms with van der Waals surface area (Å²) in [5.41, 5.74) is 2.50. The van der Waals surface area contributed by atoms with E-state index in [1.165, 1.54) is 11.1 Å². The van der Waals surface area contributed by atoms with Crippen molar-refractivity contribution in [3.05, 3.63) is 35.4 Å². The summed E-state index contributed by atoms with van der Waals surface area (Å²) in [6.07, 6.45) is 2.10. The zero-order valence-electron chi connectivity index (χ0n) is 14.7. The van der Waals surface area contributed by atoms with Crippen molar-refractivity contribution in [2.75, 3.05) is 26.2 Å². The van der Waals surface area contributed by atoms with Crippen LogP contribution >= 0.6 is 24.8 Å². The van der Waals surface area contributed by atoms with Crippen LogP contribution in [-0.4, -0.2) is 37.0 Å². The highest BCUT2D eigenvalue weighted by molar-refractivity contribution is 5.85. The second-order valence-corrected chi connectivity index (χ2v) is 6.04. The molecule has 1 atom stereocenters. The van der Waals surface area contributed by atoms with Gasteiger partial charge in [0.15, 0.2) is 0 Å². The van der Waals surface area contributed by atoms with E-state index in [0.29, 0.717) is 6.54 Å². The normalized spacial score (nSPS) is 16.9. The highest BCUT2D eigenvalue weighted by Gasteiger charge is 2.20. The highest BCUT2D eigenvalue weighted by atomic mass is 35.5. The number of piperidine rings is 1. The molecule has 1 amide bonds. The number of carbonyl (C=O) groups is 1. The first-order valence-corrected chi connectivity index (χ1v) is 8.51. The molecule has 138 valence electrons. The van der Waals surface area contributed by atoms with E-state index < -0.39 is 0 Å². The molecule has 0 bridgehead atoms. The molecule has 1 aromatic rings. The van der Waals surface area contributed by atoms with Gasteiger partial charge in [0.2, 0.25) is 5.91 Å². The van der Waals surface area contributed by atoms with Crippen molar-refractivity contribution < 1.29 is 4.79 Å². The lowest BCUT2D eigenvalue weighted by atomic mass is 9.99. The Labute approximate surface area is 158 Å². The van der Waals surface area contributed by atoms with Gasteiger partial charge in [-0.3, -0.25) is 9.69 Å². The van der Waals surface area contributed by atoms with E-state index in [1.807, 2.05) is 0 Å². The largest absolute Gasteiger partial charge is 0.352 e. The molecule has 0 radical (unpaired) electrons. The molecule has 2 N–H and O–H groups in total. The summed E-state index contributed by atoms with van der Waals surface area (Å²) in [5.74, 6) is 0.315. The van der Waals surface area contributed by atoms with E-state index in [-0.39, 0.29) is 36.6 Å². The second-order valence-electron chi connectivity index (χ2n) is 6.04. The maximum absolute atomic E-state index is 12.1. The lowest BCUT2D eigenvalue weighted by molar-refractivity contribution is -0.125. The molecular weight excluding hydrogens is 345 g/mol. The van der Waals surface area contributed by atoms with Crippen LogP contribution in [0.3, 0.4) is 0 Å². The molecule has 1 heterocycles. The lowest BCUT2D eigenvalue weighted by Gasteiger charge is -2.22. The van der Waals surface area contributed by atoms with Crippen LogP contribution in [0.2, 0.25) is 0 Å². The Morgan fingerprint density at radius 1 is 1.17 bits per heavy atom. The van der Waals surface area contributed by atoms with Gasteiger partial charge in [0.25, 0.3) is 0 Å². The average molecular weight is 376 g/mol. The van der Waals surface area contributed by atoms with Crippen molar-refractivity contribution in [3.63, 3.8) is 0 Å². The van der Waals surface area contributed by atoms with Crippen LogP contribution in [0.15, 0.2) is 24.3 Å². The maximum Gasteiger partial charge on any atom is 0.224 e. The molecule has 1 aliphatic heterocycles. The molecule has 0 saturated carbocycles. The second kappa shape index (κ2) is 12.5. The van der Waals surface area contributed by atoms with Gasteiger partial charge in [0, 0.05) is 19.6 Å². The third kappa shape index (κ3) is 7.39. The van der Waals surface area contributed by atoms with Gasteiger partial charge in [-0.15, -0.1) is 24.8 Å². The smallest absolute Gasteiger partial charge is 0.224 e. The minimum absolute atomic E-state index is 0. The first-order chi connectivity index (χ1) is 10.7. The third-order valence-electron chi connectivity index (χ3n) is 4.46. The number of nitrogens with zero attached hydrogens (tertiary/aromatic N) is 1. The summed E-state index contributed by atoms with van der Waals surface area (Å²) < 4.78 is 0. The number of benzene rings is 1. The van der Waals surface area contributed by atoms with E-state index in [0.717, 1.165) is 45.6 Å². The van der Waals surface area contributed by atoms with Crippen LogP contribution in [0.1, 0.15) is 37.8 Å². The topological polar surface area (TPSA) is 44.4 Å². The molecule has 1 fully saturated rings. The molecule has 0 aromatic heterocycles. The van der Waals surface area contributed by atoms with Crippen molar-refractivity contribution in [2.24, 2.45) is 5.92 Å². The van der Waals surface area contributed by atoms with E-state index in [1.54, 1.807) is 0 Å². The van der Waals surface area contributed by atoms with Gasteiger partial charge in [-0.2, -0.15) is 0 Å². The Hall–Kier alpha value is -0.810. The van der Waals surface area contributed by atoms with Gasteiger partial charge < -0.3 is 10.6 Å². The fourth-order valence-electron chi connectivity index (χ4n) is 2.88. The van der Waals surface area contributed by atoms with Gasteiger partial charge >= 0.3 is 0 Å². The van der Waals surface area contributed by atoms with Crippen molar-refractivity contribution in [3.8, 4) is 0 Å². The molecule has 1 aliphatic rings. The van der Waals surface area contributed by atoms with Crippen molar-refractivity contribution in [1.29, 1.82) is 0 Å². The molecule has 24 heavy (non-hydrogen) atoms. The average Bonchev–Trinajstić information content (AvgIpc) is 2.59. The molecule has 0 spiro atoms. The van der Waals surface area contributed by atoms with Crippen LogP contribution in [0.5, 0.6) is 0 Å². The number of rotatable bonds is 7. The molecule has 4 nitrogen and oxygen atoms in total. The molecule has 2 rings (SSSR count). The SMILES string of the molecule is CCN(CC)Cc1ccc(CNC(=O)[C@@H]2CCCNC2)cc1.Cl.Cl. The van der Waals surface area contributed by atoms with Crippen molar-refractivity contribution in [2.45, 2.75) is 39.8 Å². The van der Waals surface area contributed by atoms with Crippen LogP contribution < -0.4 is 10.6 Å². The van der Waals surface area contributed by atoms with E-state index in [2.05, 4.69) is 53.6 Å². The Balaban J connectivity index is 0.00000264. The third-order valence-corrected chi connectivity index (χ3v) is 4.46. The van der Waals surface area contributed by atoms with Gasteiger partial charge in [0.05, 0.1) is 5.92 Å². The van der Waals surface area contributed by atoms with E-state index >= 15 is 0 Å². The minimum atomic E-state index is 0. The van der Waals surface area contributed by atoms with Crippen LogP contribution in [0, 0.1) is 5.92 Å². The number of nitrogens with one attached hydrogen (secondary N) is 2. The fourth-order valence-corrected chi connectivity index (χ4v) is 2.88. The van der Waals surface area contributed by atoms with E-state index in [9.17, 15) is 4.79 Å². The van der Waals surface area contributed by atoms with Gasteiger partial charge in [-0.05, 0) is 43.6 Å². The number of carbonyl (C=O) groups excluding carboxylic acids is 1. The fraction of sp³-hybridized carbons (Fsp3) is 0.611. The molecule has 0 unspecified atom stereocenters. The van der Waals surface area contributed by atoms with Crippen molar-refractivity contribution in [1.82, 2.24) is 15.5 Å². The van der Waals surface area contributed by atoms with Crippen LogP contribution in [-0.2, 0) is 17.9 Å². The molecule has 1 aromatic carbocycles. The molecule has 0 aliphatic carbocycles. The standard InChI is InChI=1S/C18H29N3O.2ClH/c1-3-21(4-2)14-16-9-7-15(8-10-16)12-20-18(22)17-6-5-11-19-13-17;;/h7-10,17,19H,3-6,11-14H2,1-2H3,(H,20,22);2*1H/t17-;;/m1../s1.